The molecule has 0 spiro atoms. The predicted octanol–water partition coefficient (Wildman–Crippen LogP) is 13.3. The fourth-order valence-electron chi connectivity index (χ4n) is 7.36. The van der Waals surface area contributed by atoms with Crippen LogP contribution in [0.1, 0.15) is 25.0 Å². The molecule has 0 saturated heterocycles. The maximum atomic E-state index is 5.07. The van der Waals surface area contributed by atoms with Crippen LogP contribution in [0.2, 0.25) is 0 Å². The molecular formula is C46H33N3S2. The number of fused-ring (bicyclic) bond motifs is 6. The van der Waals surface area contributed by atoms with Crippen LogP contribution in [0.3, 0.4) is 0 Å². The van der Waals surface area contributed by atoms with Crippen LogP contribution in [0.15, 0.2) is 140 Å². The Morgan fingerprint density at radius 1 is 0.471 bits per heavy atom. The average molecular weight is 692 g/mol. The zero-order valence-electron chi connectivity index (χ0n) is 28.4. The van der Waals surface area contributed by atoms with Crippen LogP contribution in [0.4, 0.5) is 0 Å². The summed E-state index contributed by atoms with van der Waals surface area (Å²) < 4.78 is 4.88. The van der Waals surface area contributed by atoms with E-state index in [-0.39, 0.29) is 0 Å². The second kappa shape index (κ2) is 12.0. The molecule has 0 aliphatic rings. The molecule has 0 atom stereocenters. The molecule has 244 valence electrons. The van der Waals surface area contributed by atoms with E-state index in [0.29, 0.717) is 0 Å². The highest BCUT2D eigenvalue weighted by atomic mass is 32.1. The van der Waals surface area contributed by atoms with Gasteiger partial charge >= 0.3 is 0 Å². The third-order valence-corrected chi connectivity index (χ3v) is 12.3. The second-order valence-corrected chi connectivity index (χ2v) is 15.3. The van der Waals surface area contributed by atoms with Gasteiger partial charge in [0, 0.05) is 27.6 Å². The van der Waals surface area contributed by atoms with Crippen LogP contribution < -0.4 is 0 Å². The first kappa shape index (κ1) is 30.2. The molecule has 0 amide bonds. The summed E-state index contributed by atoms with van der Waals surface area (Å²) >= 11 is 3.55. The van der Waals surface area contributed by atoms with E-state index in [2.05, 4.69) is 158 Å². The van der Waals surface area contributed by atoms with Gasteiger partial charge in [0.2, 0.25) is 0 Å². The number of aromatic nitrogens is 3. The SMILES string of the molecule is CCc1ccc2nc(-c3ccc4c(c3)c3cc(-c5nc6ccc(CC)cc6s5)ccc3n4-c3ccc(-c4ccc5ccccc5c4)cc3)sc2c1. The van der Waals surface area contributed by atoms with Crippen molar-refractivity contribution >= 4 is 75.7 Å². The van der Waals surface area contributed by atoms with Crippen LogP contribution in [-0.2, 0) is 12.8 Å². The number of hydrogen-bond acceptors (Lipinski definition) is 4. The second-order valence-electron chi connectivity index (χ2n) is 13.3. The lowest BCUT2D eigenvalue weighted by atomic mass is 10.0. The monoisotopic (exact) mass is 691 g/mol. The number of aryl methyl sites for hydroxylation is 2. The highest BCUT2D eigenvalue weighted by Crippen LogP contribution is 2.40. The van der Waals surface area contributed by atoms with Gasteiger partial charge in [0.05, 0.1) is 31.5 Å². The first-order chi connectivity index (χ1) is 25.1. The van der Waals surface area contributed by atoms with Gasteiger partial charge < -0.3 is 4.57 Å². The lowest BCUT2D eigenvalue weighted by Crippen LogP contribution is -1.94. The highest BCUT2D eigenvalue weighted by Gasteiger charge is 2.17. The van der Waals surface area contributed by atoms with E-state index in [1.807, 2.05) is 0 Å². The quantitative estimate of drug-likeness (QED) is 0.174. The molecule has 0 fully saturated rings. The maximum absolute atomic E-state index is 5.07. The topological polar surface area (TPSA) is 30.7 Å². The number of rotatable bonds is 6. The van der Waals surface area contributed by atoms with E-state index in [4.69, 9.17) is 9.97 Å². The molecule has 10 rings (SSSR count). The third kappa shape index (κ3) is 5.15. The predicted molar refractivity (Wildman–Crippen MR) is 220 cm³/mol. The number of benzene rings is 7. The Bertz CT molecular complexity index is 2800. The van der Waals surface area contributed by atoms with E-state index in [0.717, 1.165) is 50.7 Å². The summed E-state index contributed by atoms with van der Waals surface area (Å²) in [6.07, 6.45) is 2.04. The van der Waals surface area contributed by atoms with E-state index < -0.39 is 0 Å². The molecule has 7 aromatic carbocycles. The summed E-state index contributed by atoms with van der Waals surface area (Å²) in [5.41, 5.74) is 13.0. The van der Waals surface area contributed by atoms with Gasteiger partial charge in [0.1, 0.15) is 10.0 Å². The molecule has 0 unspecified atom stereocenters. The van der Waals surface area contributed by atoms with Gasteiger partial charge in [0.25, 0.3) is 0 Å². The zero-order valence-corrected chi connectivity index (χ0v) is 30.0. The van der Waals surface area contributed by atoms with Gasteiger partial charge in [-0.1, -0.05) is 74.5 Å². The molecule has 3 nitrogen and oxygen atoms in total. The normalized spacial score (nSPS) is 11.9. The van der Waals surface area contributed by atoms with Gasteiger partial charge in [-0.15, -0.1) is 22.7 Å². The Morgan fingerprint density at radius 2 is 1.00 bits per heavy atom. The Morgan fingerprint density at radius 3 is 1.57 bits per heavy atom. The summed E-state index contributed by atoms with van der Waals surface area (Å²) in [5.74, 6) is 0. The van der Waals surface area contributed by atoms with Crippen LogP contribution in [0.5, 0.6) is 0 Å². The van der Waals surface area contributed by atoms with Crippen LogP contribution in [-0.4, -0.2) is 14.5 Å². The summed E-state index contributed by atoms with van der Waals surface area (Å²) in [6, 6.07) is 51.2. The molecule has 0 aliphatic carbocycles. The fraction of sp³-hybridized carbons (Fsp3) is 0.0870. The van der Waals surface area contributed by atoms with Gasteiger partial charge in [-0.25, -0.2) is 9.97 Å². The van der Waals surface area contributed by atoms with Gasteiger partial charge in [-0.05, 0) is 125 Å². The fourth-order valence-corrected chi connectivity index (χ4v) is 9.42. The van der Waals surface area contributed by atoms with Crippen LogP contribution in [0.25, 0.3) is 91.0 Å². The number of hydrogen-bond donors (Lipinski definition) is 0. The molecule has 0 radical (unpaired) electrons. The zero-order chi connectivity index (χ0) is 34.1. The van der Waals surface area contributed by atoms with E-state index in [1.165, 1.54) is 64.2 Å². The van der Waals surface area contributed by atoms with Gasteiger partial charge in [-0.3, -0.25) is 0 Å². The molecule has 10 aromatic rings. The van der Waals surface area contributed by atoms with Gasteiger partial charge in [-0.2, -0.15) is 0 Å². The average Bonchev–Trinajstić information content (AvgIpc) is 3.90. The van der Waals surface area contributed by atoms with E-state index >= 15 is 0 Å². The first-order valence-corrected chi connectivity index (χ1v) is 19.2. The summed E-state index contributed by atoms with van der Waals surface area (Å²) in [7, 11) is 0. The van der Waals surface area contributed by atoms with Crippen molar-refractivity contribution in [3.05, 3.63) is 151 Å². The molecule has 0 bridgehead atoms. The molecule has 0 N–H and O–H groups in total. The summed E-state index contributed by atoms with van der Waals surface area (Å²) in [4.78, 5) is 10.1. The lowest BCUT2D eigenvalue weighted by Gasteiger charge is -2.10. The van der Waals surface area contributed by atoms with Crippen molar-refractivity contribution in [1.29, 1.82) is 0 Å². The van der Waals surface area contributed by atoms with E-state index in [1.54, 1.807) is 22.7 Å². The van der Waals surface area contributed by atoms with Crippen LogP contribution in [0, 0.1) is 0 Å². The Balaban J connectivity index is 1.13. The molecule has 5 heteroatoms. The van der Waals surface area contributed by atoms with Crippen molar-refractivity contribution in [2.45, 2.75) is 26.7 Å². The Kier molecular flexibility index (Phi) is 7.12. The summed E-state index contributed by atoms with van der Waals surface area (Å²) in [6.45, 7) is 4.41. The van der Waals surface area contributed by atoms with Crippen molar-refractivity contribution in [1.82, 2.24) is 14.5 Å². The van der Waals surface area contributed by atoms with Crippen molar-refractivity contribution in [2.24, 2.45) is 0 Å². The van der Waals surface area contributed by atoms with Crippen molar-refractivity contribution in [2.75, 3.05) is 0 Å². The number of thiazole rings is 2. The maximum Gasteiger partial charge on any atom is 0.124 e. The molecule has 0 saturated carbocycles. The Labute approximate surface area is 304 Å². The molecule has 3 heterocycles. The third-order valence-electron chi connectivity index (χ3n) is 10.2. The summed E-state index contributed by atoms with van der Waals surface area (Å²) in [5, 5.41) is 7.04. The molecule has 0 aliphatic heterocycles. The Hall–Kier alpha value is -5.62. The highest BCUT2D eigenvalue weighted by molar-refractivity contribution is 7.22. The largest absolute Gasteiger partial charge is 0.309 e. The minimum absolute atomic E-state index is 1.02. The molecular weight excluding hydrogens is 659 g/mol. The molecule has 3 aromatic heterocycles. The smallest absolute Gasteiger partial charge is 0.124 e. The van der Waals surface area contributed by atoms with E-state index in [9.17, 15) is 0 Å². The standard InChI is InChI=1S/C46H33N3S2/c1-3-28-9-19-39-43(23-28)50-45(47-39)34-15-21-41-37(26-34)38-27-35(46-48-40-20-10-29(4-2)24-44(40)51-46)16-22-42(38)49(41)36-17-13-31(14-18-36)33-12-11-30-7-5-6-8-32(30)25-33/h5-27H,3-4H2,1-2H3. The number of nitrogens with zero attached hydrogens (tertiary/aromatic N) is 3. The van der Waals surface area contributed by atoms with Gasteiger partial charge in [0.15, 0.2) is 0 Å². The minimum atomic E-state index is 1.02. The van der Waals surface area contributed by atoms with Crippen molar-refractivity contribution in [3.8, 4) is 38.0 Å². The first-order valence-electron chi connectivity index (χ1n) is 17.6. The lowest BCUT2D eigenvalue weighted by molar-refractivity contribution is 1.15. The molecule has 51 heavy (non-hydrogen) atoms. The van der Waals surface area contributed by atoms with Crippen molar-refractivity contribution in [3.63, 3.8) is 0 Å². The minimum Gasteiger partial charge on any atom is -0.309 e. The van der Waals surface area contributed by atoms with Crippen LogP contribution >= 0.6 is 22.7 Å². The van der Waals surface area contributed by atoms with Crippen molar-refractivity contribution < 1.29 is 0 Å².